The minimum atomic E-state index is -0.105. The van der Waals surface area contributed by atoms with Crippen LogP contribution in [0.5, 0.6) is 5.75 Å². The summed E-state index contributed by atoms with van der Waals surface area (Å²) in [6.07, 6.45) is 2.60. The molecule has 4 rings (SSSR count). The highest BCUT2D eigenvalue weighted by Gasteiger charge is 2.07. The van der Waals surface area contributed by atoms with Crippen LogP contribution in [0.15, 0.2) is 97.2 Å². The van der Waals surface area contributed by atoms with E-state index in [1.165, 1.54) is 0 Å². The van der Waals surface area contributed by atoms with Crippen LogP contribution in [-0.2, 0) is 13.0 Å². The first-order valence-electron chi connectivity index (χ1n) is 9.93. The lowest BCUT2D eigenvalue weighted by molar-refractivity contribution is 0.0954. The van der Waals surface area contributed by atoms with Crippen molar-refractivity contribution in [3.05, 3.63) is 114 Å². The number of carbonyl (C=O) groups excluding carboxylic acids is 1. The van der Waals surface area contributed by atoms with Crippen molar-refractivity contribution in [3.63, 3.8) is 0 Å². The Hall–Kier alpha value is -3.86. The monoisotopic (exact) mass is 397 g/mol. The molecule has 150 valence electrons. The van der Waals surface area contributed by atoms with E-state index in [-0.39, 0.29) is 5.91 Å². The first-order chi connectivity index (χ1) is 14.8. The van der Waals surface area contributed by atoms with Crippen LogP contribution in [-0.4, -0.2) is 22.2 Å². The topological polar surface area (TPSA) is 56.2 Å². The zero-order valence-corrected chi connectivity index (χ0v) is 16.6. The molecule has 0 aliphatic heterocycles. The highest BCUT2D eigenvalue weighted by molar-refractivity contribution is 5.94. The van der Waals surface area contributed by atoms with E-state index >= 15 is 0 Å². The molecule has 0 atom stereocenters. The lowest BCUT2D eigenvalue weighted by Gasteiger charge is -2.08. The van der Waals surface area contributed by atoms with Crippen LogP contribution in [0, 0.1) is 0 Å². The molecule has 5 nitrogen and oxygen atoms in total. The molecule has 0 fully saturated rings. The van der Waals surface area contributed by atoms with E-state index in [1.54, 1.807) is 12.1 Å². The molecule has 1 heterocycles. The second kappa shape index (κ2) is 9.56. The Labute approximate surface area is 175 Å². The zero-order chi connectivity index (χ0) is 20.6. The average Bonchev–Trinajstić information content (AvgIpc) is 3.28. The van der Waals surface area contributed by atoms with Gasteiger partial charge < -0.3 is 10.1 Å². The lowest BCUT2D eigenvalue weighted by atomic mass is 10.2. The molecule has 4 aromatic rings. The Kier molecular flexibility index (Phi) is 6.20. The molecule has 0 saturated carbocycles. The van der Waals surface area contributed by atoms with Gasteiger partial charge >= 0.3 is 0 Å². The van der Waals surface area contributed by atoms with Crippen molar-refractivity contribution in [3.8, 4) is 11.4 Å². The fourth-order valence-corrected chi connectivity index (χ4v) is 3.07. The van der Waals surface area contributed by atoms with E-state index in [1.807, 2.05) is 89.7 Å². The highest BCUT2D eigenvalue weighted by Crippen LogP contribution is 2.14. The van der Waals surface area contributed by atoms with Gasteiger partial charge in [-0.15, -0.1) is 0 Å². The summed E-state index contributed by atoms with van der Waals surface area (Å²) in [7, 11) is 0. The molecule has 0 aliphatic carbocycles. The second-order valence-electron chi connectivity index (χ2n) is 6.89. The number of nitrogens with zero attached hydrogens (tertiary/aromatic N) is 2. The van der Waals surface area contributed by atoms with Gasteiger partial charge in [-0.3, -0.25) is 4.79 Å². The van der Waals surface area contributed by atoms with Crippen LogP contribution in [0.3, 0.4) is 0 Å². The summed E-state index contributed by atoms with van der Waals surface area (Å²) < 4.78 is 7.60. The van der Waals surface area contributed by atoms with E-state index in [4.69, 9.17) is 4.74 Å². The van der Waals surface area contributed by atoms with Gasteiger partial charge in [-0.05, 0) is 48.0 Å². The molecule has 3 aromatic carbocycles. The van der Waals surface area contributed by atoms with Crippen molar-refractivity contribution in [2.45, 2.75) is 13.0 Å². The predicted octanol–water partition coefficient (Wildman–Crippen LogP) is 4.42. The normalized spacial score (nSPS) is 10.5. The molecule has 1 aromatic heterocycles. The first-order valence-corrected chi connectivity index (χ1v) is 9.93. The summed E-state index contributed by atoms with van der Waals surface area (Å²) >= 11 is 0. The molecule has 0 saturated heterocycles. The fourth-order valence-electron chi connectivity index (χ4n) is 3.07. The van der Waals surface area contributed by atoms with Gasteiger partial charge in [-0.25, -0.2) is 4.68 Å². The Balaban J connectivity index is 1.25. The van der Waals surface area contributed by atoms with Gasteiger partial charge in [0.25, 0.3) is 5.91 Å². The summed E-state index contributed by atoms with van der Waals surface area (Å²) in [6.45, 7) is 1.03. The van der Waals surface area contributed by atoms with E-state index in [0.29, 0.717) is 25.1 Å². The van der Waals surface area contributed by atoms with Crippen LogP contribution >= 0.6 is 0 Å². The lowest BCUT2D eigenvalue weighted by Crippen LogP contribution is -2.25. The number of hydrogen-bond acceptors (Lipinski definition) is 3. The number of aromatic nitrogens is 2. The van der Waals surface area contributed by atoms with Crippen molar-refractivity contribution in [1.29, 1.82) is 0 Å². The zero-order valence-electron chi connectivity index (χ0n) is 16.6. The average molecular weight is 397 g/mol. The molecule has 30 heavy (non-hydrogen) atoms. The number of rotatable bonds is 8. The smallest absolute Gasteiger partial charge is 0.251 e. The third-order valence-electron chi connectivity index (χ3n) is 4.70. The molecular weight excluding hydrogens is 374 g/mol. The van der Waals surface area contributed by atoms with E-state index in [0.717, 1.165) is 22.7 Å². The minimum Gasteiger partial charge on any atom is -0.489 e. The summed E-state index contributed by atoms with van der Waals surface area (Å²) in [6, 6.07) is 29.1. The van der Waals surface area contributed by atoms with Crippen molar-refractivity contribution >= 4 is 5.91 Å². The Morgan fingerprint density at radius 2 is 1.57 bits per heavy atom. The van der Waals surface area contributed by atoms with Crippen LogP contribution in [0.1, 0.15) is 21.6 Å². The molecule has 0 unspecified atom stereocenters. The first kappa shape index (κ1) is 19.5. The van der Waals surface area contributed by atoms with E-state index in [9.17, 15) is 4.79 Å². The summed E-state index contributed by atoms with van der Waals surface area (Å²) in [5.74, 6) is 0.633. The SMILES string of the molecule is O=C(NCCc1ccn(-c2ccccc2)n1)c1ccc(OCc2ccccc2)cc1. The third kappa shape index (κ3) is 5.14. The molecule has 1 amide bonds. The molecule has 0 radical (unpaired) electrons. The Morgan fingerprint density at radius 3 is 2.30 bits per heavy atom. The van der Waals surface area contributed by atoms with Crippen molar-refractivity contribution in [1.82, 2.24) is 15.1 Å². The van der Waals surface area contributed by atoms with Gasteiger partial charge in [-0.1, -0.05) is 48.5 Å². The Bertz CT molecular complexity index is 1070. The quantitative estimate of drug-likeness (QED) is 0.479. The number of ether oxygens (including phenoxy) is 1. The van der Waals surface area contributed by atoms with Crippen molar-refractivity contribution < 1.29 is 9.53 Å². The van der Waals surface area contributed by atoms with E-state index in [2.05, 4.69) is 10.4 Å². The van der Waals surface area contributed by atoms with Gasteiger partial charge in [0.2, 0.25) is 0 Å². The number of benzene rings is 3. The maximum absolute atomic E-state index is 12.4. The van der Waals surface area contributed by atoms with Crippen LogP contribution in [0.25, 0.3) is 5.69 Å². The van der Waals surface area contributed by atoms with Crippen LogP contribution < -0.4 is 10.1 Å². The molecule has 0 bridgehead atoms. The molecule has 5 heteroatoms. The number of amides is 1. The molecule has 0 aliphatic rings. The van der Waals surface area contributed by atoms with Gasteiger partial charge in [0, 0.05) is 24.7 Å². The van der Waals surface area contributed by atoms with Crippen LogP contribution in [0.2, 0.25) is 0 Å². The summed E-state index contributed by atoms with van der Waals surface area (Å²) in [5.41, 5.74) is 3.66. The van der Waals surface area contributed by atoms with Gasteiger partial charge in [0.15, 0.2) is 0 Å². The minimum absolute atomic E-state index is 0.105. The number of carbonyl (C=O) groups is 1. The maximum Gasteiger partial charge on any atom is 0.251 e. The maximum atomic E-state index is 12.4. The highest BCUT2D eigenvalue weighted by atomic mass is 16.5. The fraction of sp³-hybridized carbons (Fsp3) is 0.120. The van der Waals surface area contributed by atoms with Gasteiger partial charge in [0.05, 0.1) is 11.4 Å². The number of nitrogens with one attached hydrogen (secondary N) is 1. The molecule has 1 N–H and O–H groups in total. The van der Waals surface area contributed by atoms with Gasteiger partial charge in [-0.2, -0.15) is 5.10 Å². The summed E-state index contributed by atoms with van der Waals surface area (Å²) in [4.78, 5) is 12.4. The number of hydrogen-bond donors (Lipinski definition) is 1. The second-order valence-corrected chi connectivity index (χ2v) is 6.89. The van der Waals surface area contributed by atoms with Crippen LogP contribution in [0.4, 0.5) is 0 Å². The third-order valence-corrected chi connectivity index (χ3v) is 4.70. The summed E-state index contributed by atoms with van der Waals surface area (Å²) in [5, 5.41) is 7.50. The molecule has 0 spiro atoms. The standard InChI is InChI=1S/C25H23N3O2/c29-25(21-11-13-24(14-12-21)30-19-20-7-3-1-4-8-20)26-17-15-22-16-18-28(27-22)23-9-5-2-6-10-23/h1-14,16,18H,15,17,19H2,(H,26,29). The van der Waals surface area contributed by atoms with E-state index < -0.39 is 0 Å². The van der Waals surface area contributed by atoms with Crippen molar-refractivity contribution in [2.75, 3.05) is 6.54 Å². The largest absolute Gasteiger partial charge is 0.489 e. The molecular formula is C25H23N3O2. The Morgan fingerprint density at radius 1 is 0.867 bits per heavy atom. The predicted molar refractivity (Wildman–Crippen MR) is 117 cm³/mol. The van der Waals surface area contributed by atoms with Gasteiger partial charge in [0.1, 0.15) is 12.4 Å². The number of para-hydroxylation sites is 1. The van der Waals surface area contributed by atoms with Crippen molar-refractivity contribution in [2.24, 2.45) is 0 Å².